The lowest BCUT2D eigenvalue weighted by molar-refractivity contribution is -0.186. The zero-order valence-electron chi connectivity index (χ0n) is 19.9. The van der Waals surface area contributed by atoms with E-state index in [1.54, 1.807) is 0 Å². The summed E-state index contributed by atoms with van der Waals surface area (Å²) in [5.41, 5.74) is 0.594. The molecule has 0 saturated heterocycles. The lowest BCUT2D eigenvalue weighted by Crippen LogP contribution is -2.57. The van der Waals surface area contributed by atoms with Gasteiger partial charge in [0.15, 0.2) is 0 Å². The fourth-order valence-corrected chi connectivity index (χ4v) is 8.36. The van der Waals surface area contributed by atoms with Crippen molar-refractivity contribution in [3.05, 3.63) is 0 Å². The summed E-state index contributed by atoms with van der Waals surface area (Å²) < 4.78 is 6.19. The fraction of sp³-hybridized carbons (Fsp3) is 0.963. The first-order valence-electron chi connectivity index (χ1n) is 12.9. The van der Waals surface area contributed by atoms with Gasteiger partial charge in [-0.3, -0.25) is 4.79 Å². The molecule has 0 heterocycles. The van der Waals surface area contributed by atoms with E-state index in [1.807, 2.05) is 0 Å². The molecule has 4 rings (SSSR count). The predicted molar refractivity (Wildman–Crippen MR) is 120 cm³/mol. The first-order valence-corrected chi connectivity index (χ1v) is 12.9. The minimum absolute atomic E-state index is 0.154. The molecule has 4 fully saturated rings. The highest BCUT2D eigenvalue weighted by atomic mass is 16.5. The van der Waals surface area contributed by atoms with Crippen LogP contribution in [0.2, 0.25) is 0 Å². The van der Waals surface area contributed by atoms with E-state index in [0.29, 0.717) is 16.7 Å². The maximum Gasteiger partial charge on any atom is 0.312 e. The van der Waals surface area contributed by atoms with Crippen LogP contribution < -0.4 is 0 Å². The molecule has 2 nitrogen and oxygen atoms in total. The number of carbonyl (C=O) groups excluding carboxylic acids is 1. The van der Waals surface area contributed by atoms with Crippen LogP contribution in [0.25, 0.3) is 0 Å². The Bertz CT molecular complexity index is 606. The van der Waals surface area contributed by atoms with Crippen LogP contribution in [0.5, 0.6) is 0 Å². The molecule has 0 radical (unpaired) electrons. The van der Waals surface area contributed by atoms with E-state index in [4.69, 9.17) is 4.74 Å². The van der Waals surface area contributed by atoms with Crippen molar-refractivity contribution in [2.45, 2.75) is 124 Å². The quantitative estimate of drug-likeness (QED) is 0.456. The predicted octanol–water partition coefficient (Wildman–Crippen LogP) is 7.55. The van der Waals surface area contributed by atoms with Gasteiger partial charge in [-0.25, -0.2) is 0 Å². The van der Waals surface area contributed by atoms with Gasteiger partial charge in [0.25, 0.3) is 0 Å². The molecule has 0 spiro atoms. The topological polar surface area (TPSA) is 26.3 Å². The molecule has 166 valence electrons. The molecule has 0 bridgehead atoms. The summed E-state index contributed by atoms with van der Waals surface area (Å²) in [5, 5.41) is 0. The Morgan fingerprint density at radius 2 is 1.59 bits per heavy atom. The molecule has 0 aromatic rings. The molecule has 0 amide bonds. The molecule has 2 heteroatoms. The summed E-state index contributed by atoms with van der Waals surface area (Å²) in [6.07, 6.45) is 16.4. The van der Waals surface area contributed by atoms with Crippen LogP contribution >= 0.6 is 0 Å². The van der Waals surface area contributed by atoms with Crippen LogP contribution in [-0.2, 0) is 9.53 Å². The van der Waals surface area contributed by atoms with Crippen LogP contribution in [0.15, 0.2) is 0 Å². The van der Waals surface area contributed by atoms with E-state index < -0.39 is 0 Å². The Kier molecular flexibility index (Phi) is 5.88. The zero-order valence-corrected chi connectivity index (χ0v) is 19.9. The molecule has 4 aliphatic carbocycles. The summed E-state index contributed by atoms with van der Waals surface area (Å²) in [4.78, 5) is 13.5. The first kappa shape index (κ1) is 21.7. The van der Waals surface area contributed by atoms with Gasteiger partial charge >= 0.3 is 5.97 Å². The normalized spacial score (nSPS) is 46.1. The van der Waals surface area contributed by atoms with Gasteiger partial charge in [0.05, 0.1) is 5.41 Å². The standard InChI is InChI=1S/C27H46O2/c1-19(2)25(3)17-14-22-20(18-25)12-13-23-26(22,4)15-9-16-27(23,5)24(28)29-21-10-7-6-8-11-21/h19-23H,6-18H2,1-5H3. The third-order valence-corrected chi connectivity index (χ3v) is 10.7. The SMILES string of the molecule is CC(C)C1(C)CCC2C(CCC3C(C)(C(=O)OC4CCCCC4)CCCC23C)C1. The number of esters is 1. The molecule has 0 aromatic carbocycles. The number of ether oxygens (including phenoxy) is 1. The molecule has 0 aliphatic heterocycles. The van der Waals surface area contributed by atoms with Gasteiger partial charge < -0.3 is 4.74 Å². The van der Waals surface area contributed by atoms with Gasteiger partial charge in [0, 0.05) is 0 Å². The number of hydrogen-bond donors (Lipinski definition) is 0. The van der Waals surface area contributed by atoms with Gasteiger partial charge in [-0.2, -0.15) is 0 Å². The highest BCUT2D eigenvalue weighted by Gasteiger charge is 2.60. The van der Waals surface area contributed by atoms with Gasteiger partial charge in [-0.05, 0) is 112 Å². The van der Waals surface area contributed by atoms with Crippen molar-refractivity contribution < 1.29 is 9.53 Å². The average Bonchev–Trinajstić information content (AvgIpc) is 2.68. The Morgan fingerprint density at radius 3 is 2.28 bits per heavy atom. The lowest BCUT2D eigenvalue weighted by atomic mass is 9.42. The molecule has 0 N–H and O–H groups in total. The molecular formula is C27H46O2. The Hall–Kier alpha value is -0.530. The second-order valence-corrected chi connectivity index (χ2v) is 12.5. The Balaban J connectivity index is 1.52. The van der Waals surface area contributed by atoms with Crippen molar-refractivity contribution in [2.75, 3.05) is 0 Å². The highest BCUT2D eigenvalue weighted by Crippen LogP contribution is 2.66. The highest BCUT2D eigenvalue weighted by molar-refractivity contribution is 5.77. The number of fused-ring (bicyclic) bond motifs is 3. The second kappa shape index (κ2) is 7.86. The third-order valence-electron chi connectivity index (χ3n) is 10.7. The van der Waals surface area contributed by atoms with Crippen molar-refractivity contribution in [3.63, 3.8) is 0 Å². The number of hydrogen-bond acceptors (Lipinski definition) is 2. The van der Waals surface area contributed by atoms with Crippen LogP contribution in [0.1, 0.15) is 118 Å². The molecule has 29 heavy (non-hydrogen) atoms. The average molecular weight is 403 g/mol. The van der Waals surface area contributed by atoms with E-state index in [1.165, 1.54) is 64.2 Å². The molecular weight excluding hydrogens is 356 g/mol. The van der Waals surface area contributed by atoms with Gasteiger partial charge in [0.1, 0.15) is 6.10 Å². The van der Waals surface area contributed by atoms with Gasteiger partial charge in [-0.1, -0.05) is 40.5 Å². The monoisotopic (exact) mass is 402 g/mol. The number of rotatable bonds is 3. The zero-order chi connectivity index (χ0) is 20.9. The first-order chi connectivity index (χ1) is 13.7. The van der Waals surface area contributed by atoms with Crippen molar-refractivity contribution in [1.82, 2.24) is 0 Å². The Labute approximate surface area is 179 Å². The van der Waals surface area contributed by atoms with E-state index in [0.717, 1.165) is 37.0 Å². The second-order valence-electron chi connectivity index (χ2n) is 12.5. The molecule has 4 saturated carbocycles. The smallest absolute Gasteiger partial charge is 0.312 e. The van der Waals surface area contributed by atoms with Crippen molar-refractivity contribution in [3.8, 4) is 0 Å². The minimum Gasteiger partial charge on any atom is -0.462 e. The largest absolute Gasteiger partial charge is 0.462 e. The lowest BCUT2D eigenvalue weighted by Gasteiger charge is -2.62. The van der Waals surface area contributed by atoms with E-state index in [2.05, 4.69) is 34.6 Å². The maximum absolute atomic E-state index is 13.5. The van der Waals surface area contributed by atoms with E-state index in [-0.39, 0.29) is 17.5 Å². The van der Waals surface area contributed by atoms with Crippen LogP contribution in [-0.4, -0.2) is 12.1 Å². The summed E-state index contributed by atoms with van der Waals surface area (Å²) >= 11 is 0. The van der Waals surface area contributed by atoms with Crippen LogP contribution in [0.4, 0.5) is 0 Å². The minimum atomic E-state index is -0.256. The Morgan fingerprint density at radius 1 is 0.862 bits per heavy atom. The van der Waals surface area contributed by atoms with E-state index in [9.17, 15) is 4.79 Å². The van der Waals surface area contributed by atoms with E-state index >= 15 is 0 Å². The summed E-state index contributed by atoms with van der Waals surface area (Å²) in [5.74, 6) is 3.13. The van der Waals surface area contributed by atoms with Gasteiger partial charge in [0.2, 0.25) is 0 Å². The fourth-order valence-electron chi connectivity index (χ4n) is 8.36. The maximum atomic E-state index is 13.5. The van der Waals surface area contributed by atoms with Crippen LogP contribution in [0.3, 0.4) is 0 Å². The molecule has 6 atom stereocenters. The third kappa shape index (κ3) is 3.69. The van der Waals surface area contributed by atoms with Gasteiger partial charge in [-0.15, -0.1) is 0 Å². The van der Waals surface area contributed by atoms with Crippen LogP contribution in [0, 0.1) is 39.9 Å². The molecule has 0 aromatic heterocycles. The summed E-state index contributed by atoms with van der Waals surface area (Å²) in [6.45, 7) is 12.2. The molecule has 4 aliphatic rings. The molecule has 6 unspecified atom stereocenters. The summed E-state index contributed by atoms with van der Waals surface area (Å²) in [6, 6.07) is 0. The van der Waals surface area contributed by atoms with Crippen molar-refractivity contribution >= 4 is 5.97 Å². The number of carbonyl (C=O) groups is 1. The van der Waals surface area contributed by atoms with Crippen molar-refractivity contribution in [2.24, 2.45) is 39.9 Å². The summed E-state index contributed by atoms with van der Waals surface area (Å²) in [7, 11) is 0. The van der Waals surface area contributed by atoms with Crippen molar-refractivity contribution in [1.29, 1.82) is 0 Å².